The lowest BCUT2D eigenvalue weighted by Gasteiger charge is -2.21. The predicted octanol–water partition coefficient (Wildman–Crippen LogP) is -1.75. The molecular formula is C7H9N3O4. The molecule has 7 heteroatoms. The van der Waals surface area contributed by atoms with Gasteiger partial charge in [0.05, 0.1) is 0 Å². The Labute approximate surface area is 77.8 Å². The van der Waals surface area contributed by atoms with E-state index in [1.54, 1.807) is 0 Å². The fraction of sp³-hybridized carbons (Fsp3) is 0.286. The average molecular weight is 199 g/mol. The Hall–Kier alpha value is -1.89. The summed E-state index contributed by atoms with van der Waals surface area (Å²) in [6.45, 7) is 1.15. The van der Waals surface area contributed by atoms with Gasteiger partial charge in [0.25, 0.3) is 5.56 Å². The number of nitrogens with zero attached hydrogens (tertiary/aromatic N) is 1. The molecule has 1 atom stereocenters. The zero-order valence-corrected chi connectivity index (χ0v) is 7.35. The van der Waals surface area contributed by atoms with E-state index in [1.807, 2.05) is 4.98 Å². The van der Waals surface area contributed by atoms with Crippen LogP contribution < -0.4 is 17.0 Å². The molecule has 0 amide bonds. The average Bonchev–Trinajstić information content (AvgIpc) is 2.02. The molecule has 14 heavy (non-hydrogen) atoms. The Kier molecular flexibility index (Phi) is 2.26. The summed E-state index contributed by atoms with van der Waals surface area (Å²) in [6.07, 6.45) is 1.04. The molecular weight excluding hydrogens is 190 g/mol. The molecule has 0 radical (unpaired) electrons. The summed E-state index contributed by atoms with van der Waals surface area (Å²) in [7, 11) is 0. The van der Waals surface area contributed by atoms with Crippen molar-refractivity contribution in [2.24, 2.45) is 5.73 Å². The summed E-state index contributed by atoms with van der Waals surface area (Å²) >= 11 is 0. The van der Waals surface area contributed by atoms with E-state index in [0.717, 1.165) is 23.8 Å². The first-order valence-electron chi connectivity index (χ1n) is 3.70. The summed E-state index contributed by atoms with van der Waals surface area (Å²) in [6, 6.07) is 1.02. The summed E-state index contributed by atoms with van der Waals surface area (Å²) in [5.74, 6) is -1.37. The molecule has 0 bridgehead atoms. The third-order valence-electron chi connectivity index (χ3n) is 1.76. The first kappa shape index (κ1) is 10.2. The number of hydrogen-bond acceptors (Lipinski definition) is 4. The third-order valence-corrected chi connectivity index (χ3v) is 1.76. The molecule has 0 saturated carbocycles. The van der Waals surface area contributed by atoms with Crippen LogP contribution in [0.3, 0.4) is 0 Å². The van der Waals surface area contributed by atoms with Crippen LogP contribution >= 0.6 is 0 Å². The molecule has 0 fully saturated rings. The molecule has 0 aliphatic carbocycles. The predicted molar refractivity (Wildman–Crippen MR) is 46.8 cm³/mol. The Bertz CT molecular complexity index is 470. The third kappa shape index (κ3) is 1.57. The van der Waals surface area contributed by atoms with Gasteiger partial charge in [-0.1, -0.05) is 0 Å². The molecule has 0 aliphatic heterocycles. The highest BCUT2D eigenvalue weighted by Gasteiger charge is 2.30. The van der Waals surface area contributed by atoms with Crippen LogP contribution in [0.25, 0.3) is 0 Å². The molecule has 4 N–H and O–H groups in total. The van der Waals surface area contributed by atoms with E-state index < -0.39 is 22.9 Å². The monoisotopic (exact) mass is 199 g/mol. The van der Waals surface area contributed by atoms with Crippen LogP contribution in [0.1, 0.15) is 6.92 Å². The van der Waals surface area contributed by atoms with E-state index in [2.05, 4.69) is 0 Å². The normalized spacial score (nSPS) is 14.7. The molecule has 0 aliphatic rings. The second-order valence-electron chi connectivity index (χ2n) is 2.93. The van der Waals surface area contributed by atoms with Crippen molar-refractivity contribution in [1.29, 1.82) is 0 Å². The number of nitrogens with two attached hydrogens (primary N) is 1. The molecule has 76 valence electrons. The van der Waals surface area contributed by atoms with Crippen molar-refractivity contribution in [1.82, 2.24) is 9.55 Å². The minimum Gasteiger partial charge on any atom is -0.478 e. The van der Waals surface area contributed by atoms with Crippen molar-refractivity contribution in [3.05, 3.63) is 33.1 Å². The van der Waals surface area contributed by atoms with Crippen molar-refractivity contribution in [3.8, 4) is 0 Å². The number of hydrogen-bond donors (Lipinski definition) is 3. The number of aromatic amines is 1. The fourth-order valence-corrected chi connectivity index (χ4v) is 0.886. The first-order valence-corrected chi connectivity index (χ1v) is 3.70. The molecule has 0 spiro atoms. The number of H-pyrrole nitrogens is 1. The molecule has 1 rings (SSSR count). The zero-order chi connectivity index (χ0) is 10.9. The highest BCUT2D eigenvalue weighted by molar-refractivity contribution is 5.75. The molecule has 1 aromatic rings. The zero-order valence-electron chi connectivity index (χ0n) is 7.35. The molecule has 1 unspecified atom stereocenters. The first-order chi connectivity index (χ1) is 6.35. The minimum absolute atomic E-state index is 0.604. The van der Waals surface area contributed by atoms with Crippen LogP contribution in [0, 0.1) is 0 Å². The molecule has 0 aromatic carbocycles. The van der Waals surface area contributed by atoms with Crippen LogP contribution in [0.2, 0.25) is 0 Å². The standard InChI is InChI=1S/C7H9N3O4/c1-7(8,5(12)13)10-3-2-4(11)9-6(10)14/h2-3H,8H2,1H3,(H,12,13)(H,9,11,14). The highest BCUT2D eigenvalue weighted by Crippen LogP contribution is 2.02. The van der Waals surface area contributed by atoms with Gasteiger partial charge in [-0.05, 0) is 6.92 Å². The SMILES string of the molecule is CC(N)(C(=O)O)n1ccc(=O)[nH]c1=O. The molecule has 1 aromatic heterocycles. The van der Waals surface area contributed by atoms with Gasteiger partial charge in [-0.2, -0.15) is 0 Å². The van der Waals surface area contributed by atoms with E-state index in [4.69, 9.17) is 10.8 Å². The topological polar surface area (TPSA) is 118 Å². The van der Waals surface area contributed by atoms with Crippen molar-refractivity contribution >= 4 is 5.97 Å². The number of rotatable bonds is 2. The lowest BCUT2D eigenvalue weighted by Crippen LogP contribution is -2.53. The van der Waals surface area contributed by atoms with Gasteiger partial charge in [0.15, 0.2) is 5.66 Å². The quantitative estimate of drug-likeness (QED) is 0.522. The van der Waals surface area contributed by atoms with Gasteiger partial charge in [0.1, 0.15) is 0 Å². The summed E-state index contributed by atoms with van der Waals surface area (Å²) in [4.78, 5) is 34.4. The van der Waals surface area contributed by atoms with Gasteiger partial charge in [-0.25, -0.2) is 9.59 Å². The number of carboxylic acids is 1. The Morgan fingerprint density at radius 2 is 2.21 bits per heavy atom. The van der Waals surface area contributed by atoms with Crippen LogP contribution in [0.5, 0.6) is 0 Å². The molecule has 1 heterocycles. The summed E-state index contributed by atoms with van der Waals surface area (Å²) < 4.78 is 0.733. The maximum absolute atomic E-state index is 11.2. The van der Waals surface area contributed by atoms with E-state index in [1.165, 1.54) is 0 Å². The van der Waals surface area contributed by atoms with Crippen molar-refractivity contribution < 1.29 is 9.90 Å². The fourth-order valence-electron chi connectivity index (χ4n) is 0.886. The second kappa shape index (κ2) is 3.11. The van der Waals surface area contributed by atoms with E-state index in [9.17, 15) is 14.4 Å². The van der Waals surface area contributed by atoms with Gasteiger partial charge in [0, 0.05) is 12.3 Å². The van der Waals surface area contributed by atoms with Crippen LogP contribution in [-0.2, 0) is 10.5 Å². The van der Waals surface area contributed by atoms with Gasteiger partial charge in [0.2, 0.25) is 0 Å². The smallest absolute Gasteiger partial charge is 0.344 e. The second-order valence-corrected chi connectivity index (χ2v) is 2.93. The lowest BCUT2D eigenvalue weighted by atomic mass is 10.2. The molecule has 0 saturated heterocycles. The number of carboxylic acid groups (broad SMARTS) is 1. The highest BCUT2D eigenvalue weighted by atomic mass is 16.4. The molecule has 7 nitrogen and oxygen atoms in total. The minimum atomic E-state index is -1.87. The van der Waals surface area contributed by atoms with Gasteiger partial charge < -0.3 is 5.11 Å². The van der Waals surface area contributed by atoms with Gasteiger partial charge >= 0.3 is 11.7 Å². The number of nitrogens with one attached hydrogen (secondary N) is 1. The van der Waals surface area contributed by atoms with E-state index in [-0.39, 0.29) is 0 Å². The van der Waals surface area contributed by atoms with Crippen molar-refractivity contribution in [2.75, 3.05) is 0 Å². The number of carbonyl (C=O) groups is 1. The van der Waals surface area contributed by atoms with E-state index >= 15 is 0 Å². The largest absolute Gasteiger partial charge is 0.478 e. The van der Waals surface area contributed by atoms with E-state index in [0.29, 0.717) is 0 Å². The number of aliphatic carboxylic acids is 1. The van der Waals surface area contributed by atoms with Crippen molar-refractivity contribution in [2.45, 2.75) is 12.6 Å². The summed E-state index contributed by atoms with van der Waals surface area (Å²) in [5, 5.41) is 8.71. The van der Waals surface area contributed by atoms with Crippen LogP contribution in [0.15, 0.2) is 21.9 Å². The van der Waals surface area contributed by atoms with Gasteiger partial charge in [-0.15, -0.1) is 0 Å². The maximum atomic E-state index is 11.2. The lowest BCUT2D eigenvalue weighted by molar-refractivity contribution is -0.146. The van der Waals surface area contributed by atoms with Crippen LogP contribution in [0.4, 0.5) is 0 Å². The Morgan fingerprint density at radius 1 is 1.64 bits per heavy atom. The Morgan fingerprint density at radius 3 is 2.64 bits per heavy atom. The van der Waals surface area contributed by atoms with Crippen molar-refractivity contribution in [3.63, 3.8) is 0 Å². The number of aromatic nitrogens is 2. The summed E-state index contributed by atoms with van der Waals surface area (Å²) in [5.41, 5.74) is 2.04. The maximum Gasteiger partial charge on any atom is 0.344 e. The Balaban J connectivity index is 3.41. The van der Waals surface area contributed by atoms with Crippen LogP contribution in [-0.4, -0.2) is 20.6 Å². The van der Waals surface area contributed by atoms with Gasteiger partial charge in [-0.3, -0.25) is 20.1 Å².